The minimum Gasteiger partial charge on any atom is -0.348 e. The minimum atomic E-state index is 0.771. The molecule has 0 unspecified atom stereocenters. The Balaban J connectivity index is 2.35. The third-order valence-electron chi connectivity index (χ3n) is 2.85. The molecule has 0 aliphatic rings. The van der Waals surface area contributed by atoms with Crippen molar-refractivity contribution in [3.05, 3.63) is 36.0 Å². The molecule has 2 N–H and O–H groups in total. The maximum atomic E-state index is 5.52. The van der Waals surface area contributed by atoms with E-state index in [2.05, 4.69) is 42.0 Å². The molecule has 0 atom stereocenters. The number of benzene rings is 1. The molecule has 1 aromatic carbocycles. The maximum Gasteiger partial charge on any atom is 0.0482 e. The standard InChI is InChI=1S/C13H18N2/c1-2-15-9-7-12-6-5-11(4-3-8-14)10-13(12)15/h5-7,9-10H,2-4,8,14H2,1H3. The predicted molar refractivity (Wildman–Crippen MR) is 65.0 cm³/mol. The van der Waals surface area contributed by atoms with Gasteiger partial charge < -0.3 is 10.3 Å². The van der Waals surface area contributed by atoms with Gasteiger partial charge in [-0.1, -0.05) is 12.1 Å². The SMILES string of the molecule is CCn1ccc2ccc(CCCN)cc21. The molecule has 0 radical (unpaired) electrons. The van der Waals surface area contributed by atoms with Crippen molar-refractivity contribution in [2.75, 3.05) is 6.54 Å². The van der Waals surface area contributed by atoms with Crippen LogP contribution < -0.4 is 5.73 Å². The molecule has 80 valence electrons. The molecule has 0 bridgehead atoms. The summed E-state index contributed by atoms with van der Waals surface area (Å²) in [6, 6.07) is 8.87. The second-order valence-electron chi connectivity index (χ2n) is 3.89. The van der Waals surface area contributed by atoms with E-state index in [1.807, 2.05) is 0 Å². The number of aryl methyl sites for hydroxylation is 2. The van der Waals surface area contributed by atoms with Gasteiger partial charge in [-0.05, 0) is 49.4 Å². The van der Waals surface area contributed by atoms with Gasteiger partial charge in [-0.3, -0.25) is 0 Å². The van der Waals surface area contributed by atoms with Crippen LogP contribution in [0, 0.1) is 0 Å². The molecule has 0 spiro atoms. The maximum absolute atomic E-state index is 5.52. The number of hydrogen-bond donors (Lipinski definition) is 1. The number of hydrogen-bond acceptors (Lipinski definition) is 1. The van der Waals surface area contributed by atoms with Gasteiger partial charge >= 0.3 is 0 Å². The van der Waals surface area contributed by atoms with E-state index in [9.17, 15) is 0 Å². The van der Waals surface area contributed by atoms with E-state index in [4.69, 9.17) is 5.73 Å². The van der Waals surface area contributed by atoms with Crippen molar-refractivity contribution in [1.29, 1.82) is 0 Å². The lowest BCUT2D eigenvalue weighted by Crippen LogP contribution is -2.00. The first-order valence-corrected chi connectivity index (χ1v) is 5.63. The number of nitrogens with two attached hydrogens (primary N) is 1. The van der Waals surface area contributed by atoms with Gasteiger partial charge in [0, 0.05) is 18.3 Å². The van der Waals surface area contributed by atoms with E-state index in [-0.39, 0.29) is 0 Å². The average molecular weight is 202 g/mol. The van der Waals surface area contributed by atoms with Gasteiger partial charge in [-0.15, -0.1) is 0 Å². The van der Waals surface area contributed by atoms with E-state index in [0.29, 0.717) is 0 Å². The van der Waals surface area contributed by atoms with Crippen molar-refractivity contribution in [2.24, 2.45) is 5.73 Å². The second kappa shape index (κ2) is 4.49. The van der Waals surface area contributed by atoms with Crippen LogP contribution in [0.3, 0.4) is 0 Å². The number of nitrogens with zero attached hydrogens (tertiary/aromatic N) is 1. The lowest BCUT2D eigenvalue weighted by atomic mass is 10.1. The third-order valence-corrected chi connectivity index (χ3v) is 2.85. The van der Waals surface area contributed by atoms with Crippen LogP contribution in [0.5, 0.6) is 0 Å². The van der Waals surface area contributed by atoms with Crippen LogP contribution in [0.15, 0.2) is 30.5 Å². The van der Waals surface area contributed by atoms with Gasteiger partial charge in [0.2, 0.25) is 0 Å². The average Bonchev–Trinajstić information content (AvgIpc) is 2.68. The number of rotatable bonds is 4. The smallest absolute Gasteiger partial charge is 0.0482 e. The fraction of sp³-hybridized carbons (Fsp3) is 0.385. The van der Waals surface area contributed by atoms with Crippen molar-refractivity contribution in [3.63, 3.8) is 0 Å². The summed E-state index contributed by atoms with van der Waals surface area (Å²) in [4.78, 5) is 0. The van der Waals surface area contributed by atoms with Crippen LogP contribution in [-0.2, 0) is 13.0 Å². The van der Waals surface area contributed by atoms with E-state index < -0.39 is 0 Å². The molecule has 2 nitrogen and oxygen atoms in total. The molecule has 0 fully saturated rings. The molecule has 0 saturated heterocycles. The van der Waals surface area contributed by atoms with Crippen molar-refractivity contribution < 1.29 is 0 Å². The summed E-state index contributed by atoms with van der Waals surface area (Å²) >= 11 is 0. The summed E-state index contributed by atoms with van der Waals surface area (Å²) in [7, 11) is 0. The molecule has 1 heterocycles. The molecule has 1 aromatic heterocycles. The number of fused-ring (bicyclic) bond motifs is 1. The molecular formula is C13H18N2. The highest BCUT2D eigenvalue weighted by Crippen LogP contribution is 2.18. The highest BCUT2D eigenvalue weighted by Gasteiger charge is 2.00. The highest BCUT2D eigenvalue weighted by atomic mass is 14.9. The van der Waals surface area contributed by atoms with Crippen LogP contribution >= 0.6 is 0 Å². The quantitative estimate of drug-likeness (QED) is 0.811. The molecular weight excluding hydrogens is 184 g/mol. The van der Waals surface area contributed by atoms with E-state index in [1.54, 1.807) is 0 Å². The zero-order chi connectivity index (χ0) is 10.7. The van der Waals surface area contributed by atoms with Crippen molar-refractivity contribution >= 4 is 10.9 Å². The van der Waals surface area contributed by atoms with Gasteiger partial charge in [-0.25, -0.2) is 0 Å². The fourth-order valence-electron chi connectivity index (χ4n) is 1.97. The topological polar surface area (TPSA) is 30.9 Å². The molecule has 0 saturated carbocycles. The van der Waals surface area contributed by atoms with E-state index in [0.717, 1.165) is 25.9 Å². The molecule has 2 aromatic rings. The summed E-state index contributed by atoms with van der Waals surface area (Å²) in [5.41, 5.74) is 8.25. The monoisotopic (exact) mass is 202 g/mol. The van der Waals surface area contributed by atoms with Gasteiger partial charge in [0.25, 0.3) is 0 Å². The summed E-state index contributed by atoms with van der Waals surface area (Å²) in [5, 5.41) is 1.33. The Hall–Kier alpha value is -1.28. The van der Waals surface area contributed by atoms with E-state index >= 15 is 0 Å². The van der Waals surface area contributed by atoms with Gasteiger partial charge in [0.05, 0.1) is 0 Å². The fourth-order valence-corrected chi connectivity index (χ4v) is 1.97. The third kappa shape index (κ3) is 2.05. The Bertz CT molecular complexity index is 443. The van der Waals surface area contributed by atoms with Crippen LogP contribution in [0.2, 0.25) is 0 Å². The molecule has 0 aliphatic heterocycles. The highest BCUT2D eigenvalue weighted by molar-refractivity contribution is 5.80. The first-order chi connectivity index (χ1) is 7.35. The Kier molecular flexibility index (Phi) is 3.07. The predicted octanol–water partition coefficient (Wildman–Crippen LogP) is 2.55. The Morgan fingerprint density at radius 2 is 2.13 bits per heavy atom. The lowest BCUT2D eigenvalue weighted by Gasteiger charge is -2.04. The summed E-state index contributed by atoms with van der Waals surface area (Å²) in [6.07, 6.45) is 4.30. The number of aromatic nitrogens is 1. The zero-order valence-electron chi connectivity index (χ0n) is 9.24. The van der Waals surface area contributed by atoms with Gasteiger partial charge in [0.1, 0.15) is 0 Å². The van der Waals surface area contributed by atoms with Crippen molar-refractivity contribution in [2.45, 2.75) is 26.3 Å². The van der Waals surface area contributed by atoms with Crippen LogP contribution in [0.25, 0.3) is 10.9 Å². The summed E-state index contributed by atoms with van der Waals surface area (Å²) in [6.45, 7) is 3.97. The van der Waals surface area contributed by atoms with Crippen molar-refractivity contribution in [3.8, 4) is 0 Å². The Morgan fingerprint density at radius 1 is 1.27 bits per heavy atom. The molecule has 15 heavy (non-hydrogen) atoms. The zero-order valence-corrected chi connectivity index (χ0v) is 9.24. The first-order valence-electron chi connectivity index (χ1n) is 5.63. The van der Waals surface area contributed by atoms with Crippen molar-refractivity contribution in [1.82, 2.24) is 4.57 Å². The first kappa shape index (κ1) is 10.2. The molecule has 0 aliphatic carbocycles. The lowest BCUT2D eigenvalue weighted by molar-refractivity contribution is 0.794. The van der Waals surface area contributed by atoms with E-state index in [1.165, 1.54) is 16.5 Å². The normalized spacial score (nSPS) is 11.1. The van der Waals surface area contributed by atoms with Crippen LogP contribution in [-0.4, -0.2) is 11.1 Å². The van der Waals surface area contributed by atoms with Gasteiger partial charge in [0.15, 0.2) is 0 Å². The van der Waals surface area contributed by atoms with Gasteiger partial charge in [-0.2, -0.15) is 0 Å². The Morgan fingerprint density at radius 3 is 2.87 bits per heavy atom. The van der Waals surface area contributed by atoms with Crippen LogP contribution in [0.4, 0.5) is 0 Å². The largest absolute Gasteiger partial charge is 0.348 e. The molecule has 2 rings (SSSR count). The molecule has 0 amide bonds. The summed E-state index contributed by atoms with van der Waals surface area (Å²) in [5.74, 6) is 0. The minimum absolute atomic E-state index is 0.771. The second-order valence-corrected chi connectivity index (χ2v) is 3.89. The summed E-state index contributed by atoms with van der Waals surface area (Å²) < 4.78 is 2.28. The van der Waals surface area contributed by atoms with Crippen LogP contribution in [0.1, 0.15) is 18.9 Å². The Labute approximate surface area is 90.7 Å². The molecule has 2 heteroatoms.